The normalized spacial score (nSPS) is 17.4. The Balaban J connectivity index is 1.87. The molecule has 12 heavy (non-hydrogen) atoms. The Morgan fingerprint density at radius 3 is 2.92 bits per heavy atom. The van der Waals surface area contributed by atoms with E-state index < -0.39 is 0 Å². The molecular weight excluding hydrogens is 150 g/mol. The van der Waals surface area contributed by atoms with E-state index in [2.05, 4.69) is 28.3 Å². The Hall–Kier alpha value is -0.960. The average Bonchev–Trinajstić information content (AvgIpc) is 2.47. The highest BCUT2D eigenvalue weighted by Gasteiger charge is 2.18. The van der Waals surface area contributed by atoms with E-state index in [-0.39, 0.29) is 0 Å². The quantitative estimate of drug-likeness (QED) is 0.689. The zero-order valence-electron chi connectivity index (χ0n) is 7.38. The zero-order valence-corrected chi connectivity index (χ0v) is 7.38. The van der Waals surface area contributed by atoms with Gasteiger partial charge >= 0.3 is 0 Å². The third kappa shape index (κ3) is 1.46. The molecule has 0 unspecified atom stereocenters. The molecule has 0 amide bonds. The molecular formula is C9H15N3. The SMILES string of the molecule is CN(CC1CNC1)c1ccc[nH]1. The van der Waals surface area contributed by atoms with Gasteiger partial charge in [-0.05, 0) is 12.1 Å². The Labute approximate surface area is 72.8 Å². The van der Waals surface area contributed by atoms with E-state index in [0.717, 1.165) is 12.5 Å². The highest BCUT2D eigenvalue weighted by molar-refractivity contribution is 5.37. The van der Waals surface area contributed by atoms with E-state index >= 15 is 0 Å². The Bertz CT molecular complexity index is 226. The van der Waals surface area contributed by atoms with Gasteiger partial charge in [-0.2, -0.15) is 0 Å². The summed E-state index contributed by atoms with van der Waals surface area (Å²) in [6.07, 6.45) is 1.96. The first-order valence-corrected chi connectivity index (χ1v) is 4.41. The van der Waals surface area contributed by atoms with Gasteiger partial charge in [-0.1, -0.05) is 0 Å². The van der Waals surface area contributed by atoms with Gasteiger partial charge in [0, 0.05) is 38.8 Å². The highest BCUT2D eigenvalue weighted by atomic mass is 15.2. The van der Waals surface area contributed by atoms with E-state index in [9.17, 15) is 0 Å². The summed E-state index contributed by atoms with van der Waals surface area (Å²) in [6.45, 7) is 3.49. The van der Waals surface area contributed by atoms with Crippen molar-refractivity contribution in [1.82, 2.24) is 10.3 Å². The summed E-state index contributed by atoms with van der Waals surface area (Å²) in [5.41, 5.74) is 0. The molecule has 1 saturated heterocycles. The number of anilines is 1. The predicted molar refractivity (Wildman–Crippen MR) is 50.4 cm³/mol. The molecule has 66 valence electrons. The van der Waals surface area contributed by atoms with E-state index in [1.54, 1.807) is 0 Å². The fourth-order valence-electron chi connectivity index (χ4n) is 1.52. The molecule has 1 fully saturated rings. The van der Waals surface area contributed by atoms with Crippen LogP contribution in [-0.4, -0.2) is 31.7 Å². The van der Waals surface area contributed by atoms with Crippen LogP contribution in [0, 0.1) is 5.92 Å². The predicted octanol–water partition coefficient (Wildman–Crippen LogP) is 0.670. The minimum Gasteiger partial charge on any atom is -0.361 e. The fraction of sp³-hybridized carbons (Fsp3) is 0.556. The molecule has 0 saturated carbocycles. The molecule has 0 aliphatic carbocycles. The number of nitrogens with one attached hydrogen (secondary N) is 2. The number of aromatic nitrogens is 1. The standard InChI is InChI=1S/C9H15N3/c1-12(7-8-5-10-6-8)9-3-2-4-11-9/h2-4,8,10-11H,5-7H2,1H3. The van der Waals surface area contributed by atoms with Crippen LogP contribution < -0.4 is 10.2 Å². The third-order valence-electron chi connectivity index (χ3n) is 2.39. The van der Waals surface area contributed by atoms with E-state index in [0.29, 0.717) is 0 Å². The topological polar surface area (TPSA) is 31.1 Å². The first-order chi connectivity index (χ1) is 5.86. The average molecular weight is 165 g/mol. The minimum atomic E-state index is 0.832. The maximum atomic E-state index is 3.27. The molecule has 0 radical (unpaired) electrons. The minimum absolute atomic E-state index is 0.832. The van der Waals surface area contributed by atoms with Gasteiger partial charge in [-0.15, -0.1) is 0 Å². The van der Waals surface area contributed by atoms with Gasteiger partial charge in [0.25, 0.3) is 0 Å². The van der Waals surface area contributed by atoms with Gasteiger partial charge in [-0.3, -0.25) is 0 Å². The van der Waals surface area contributed by atoms with E-state index in [4.69, 9.17) is 0 Å². The molecule has 0 bridgehead atoms. The van der Waals surface area contributed by atoms with Gasteiger partial charge in [0.15, 0.2) is 0 Å². The molecule has 1 aliphatic heterocycles. The first-order valence-electron chi connectivity index (χ1n) is 4.41. The van der Waals surface area contributed by atoms with Crippen molar-refractivity contribution in [3.05, 3.63) is 18.3 Å². The van der Waals surface area contributed by atoms with Crippen LogP contribution >= 0.6 is 0 Å². The lowest BCUT2D eigenvalue weighted by Gasteiger charge is -2.31. The molecule has 2 heterocycles. The number of nitrogens with zero attached hydrogens (tertiary/aromatic N) is 1. The number of rotatable bonds is 3. The van der Waals surface area contributed by atoms with Gasteiger partial charge < -0.3 is 15.2 Å². The molecule has 2 N–H and O–H groups in total. The fourth-order valence-corrected chi connectivity index (χ4v) is 1.52. The number of hydrogen-bond acceptors (Lipinski definition) is 2. The highest BCUT2D eigenvalue weighted by Crippen LogP contribution is 2.12. The number of hydrogen-bond donors (Lipinski definition) is 2. The second-order valence-electron chi connectivity index (χ2n) is 3.46. The van der Waals surface area contributed by atoms with Crippen molar-refractivity contribution >= 4 is 5.82 Å². The zero-order chi connectivity index (χ0) is 8.39. The number of aromatic amines is 1. The smallest absolute Gasteiger partial charge is 0.105 e. The van der Waals surface area contributed by atoms with Crippen molar-refractivity contribution in [1.29, 1.82) is 0 Å². The van der Waals surface area contributed by atoms with Crippen molar-refractivity contribution < 1.29 is 0 Å². The van der Waals surface area contributed by atoms with Crippen molar-refractivity contribution in [2.45, 2.75) is 0 Å². The summed E-state index contributed by atoms with van der Waals surface area (Å²) in [5, 5.41) is 3.27. The van der Waals surface area contributed by atoms with Crippen LogP contribution in [0.4, 0.5) is 5.82 Å². The van der Waals surface area contributed by atoms with E-state index in [1.807, 2.05) is 12.3 Å². The van der Waals surface area contributed by atoms with E-state index in [1.165, 1.54) is 18.9 Å². The van der Waals surface area contributed by atoms with Crippen LogP contribution in [0.2, 0.25) is 0 Å². The maximum Gasteiger partial charge on any atom is 0.105 e. The Morgan fingerprint density at radius 1 is 1.58 bits per heavy atom. The summed E-state index contributed by atoms with van der Waals surface area (Å²) >= 11 is 0. The van der Waals surface area contributed by atoms with Gasteiger partial charge in [0.1, 0.15) is 5.82 Å². The van der Waals surface area contributed by atoms with Crippen LogP contribution in [0.25, 0.3) is 0 Å². The van der Waals surface area contributed by atoms with Crippen molar-refractivity contribution in [3.63, 3.8) is 0 Å². The Kier molecular flexibility index (Phi) is 2.04. The van der Waals surface area contributed by atoms with Crippen LogP contribution in [0.15, 0.2) is 18.3 Å². The van der Waals surface area contributed by atoms with Gasteiger partial charge in [-0.25, -0.2) is 0 Å². The summed E-state index contributed by atoms with van der Waals surface area (Å²) in [7, 11) is 2.13. The molecule has 0 spiro atoms. The first kappa shape index (κ1) is 7.68. The van der Waals surface area contributed by atoms with Gasteiger partial charge in [0.2, 0.25) is 0 Å². The van der Waals surface area contributed by atoms with Gasteiger partial charge in [0.05, 0.1) is 0 Å². The number of H-pyrrole nitrogens is 1. The van der Waals surface area contributed by atoms with Crippen molar-refractivity contribution in [2.24, 2.45) is 5.92 Å². The second kappa shape index (κ2) is 3.19. The largest absolute Gasteiger partial charge is 0.361 e. The summed E-state index contributed by atoms with van der Waals surface area (Å²) in [6, 6.07) is 4.14. The molecule has 3 heteroatoms. The lowest BCUT2D eigenvalue weighted by molar-refractivity contribution is 0.352. The molecule has 0 aromatic carbocycles. The van der Waals surface area contributed by atoms with Crippen LogP contribution in [0.3, 0.4) is 0 Å². The second-order valence-corrected chi connectivity index (χ2v) is 3.46. The van der Waals surface area contributed by atoms with Crippen LogP contribution in [0.1, 0.15) is 0 Å². The molecule has 3 nitrogen and oxygen atoms in total. The lowest BCUT2D eigenvalue weighted by Crippen LogP contribution is -2.47. The Morgan fingerprint density at radius 2 is 2.42 bits per heavy atom. The van der Waals surface area contributed by atoms with Crippen molar-refractivity contribution in [3.8, 4) is 0 Å². The van der Waals surface area contributed by atoms with Crippen LogP contribution in [-0.2, 0) is 0 Å². The summed E-state index contributed by atoms with van der Waals surface area (Å²) in [5.74, 6) is 2.04. The van der Waals surface area contributed by atoms with Crippen LogP contribution in [0.5, 0.6) is 0 Å². The summed E-state index contributed by atoms with van der Waals surface area (Å²) in [4.78, 5) is 5.47. The molecule has 1 aromatic rings. The lowest BCUT2D eigenvalue weighted by atomic mass is 10.0. The monoisotopic (exact) mass is 165 g/mol. The molecule has 2 rings (SSSR count). The molecule has 0 atom stereocenters. The maximum absolute atomic E-state index is 3.27. The summed E-state index contributed by atoms with van der Waals surface area (Å²) < 4.78 is 0. The van der Waals surface area contributed by atoms with Crippen molar-refractivity contribution in [2.75, 3.05) is 31.6 Å². The molecule has 1 aliphatic rings. The molecule has 1 aromatic heterocycles. The third-order valence-corrected chi connectivity index (χ3v) is 2.39.